The maximum atomic E-state index is 12.2. The van der Waals surface area contributed by atoms with Gasteiger partial charge in [-0.2, -0.15) is 0 Å². The second kappa shape index (κ2) is 9.84. The molecule has 0 aliphatic rings. The number of ether oxygens (including phenoxy) is 1. The lowest BCUT2D eigenvalue weighted by Gasteiger charge is -2.10. The fraction of sp³-hybridized carbons (Fsp3) is 0.333. The van der Waals surface area contributed by atoms with E-state index < -0.39 is 20.0 Å². The smallest absolute Gasteiger partial charge is 0.240 e. The SMILES string of the molecule is CCOCCCNS(=O)(=O)c1ccc(NS(=O)(=O)Cc2ccccc2)cc1. The van der Waals surface area contributed by atoms with Crippen LogP contribution < -0.4 is 9.44 Å². The molecule has 0 heterocycles. The Morgan fingerprint density at radius 1 is 0.926 bits per heavy atom. The summed E-state index contributed by atoms with van der Waals surface area (Å²) in [4.78, 5) is 0.0740. The molecular formula is C18H24N2O5S2. The summed E-state index contributed by atoms with van der Waals surface area (Å²) < 4.78 is 59.0. The fourth-order valence-electron chi connectivity index (χ4n) is 2.32. The first-order valence-corrected chi connectivity index (χ1v) is 11.7. The average Bonchev–Trinajstić information content (AvgIpc) is 2.62. The predicted molar refractivity (Wildman–Crippen MR) is 105 cm³/mol. The van der Waals surface area contributed by atoms with Gasteiger partial charge < -0.3 is 4.74 Å². The van der Waals surface area contributed by atoms with Crippen molar-refractivity contribution in [2.24, 2.45) is 0 Å². The maximum absolute atomic E-state index is 12.2. The third-order valence-corrected chi connectivity index (χ3v) is 6.34. The number of benzene rings is 2. The highest BCUT2D eigenvalue weighted by Gasteiger charge is 2.15. The standard InChI is InChI=1S/C18H24N2O5S2/c1-2-25-14-6-13-19-27(23,24)18-11-9-17(10-12-18)20-26(21,22)15-16-7-4-3-5-8-16/h3-5,7-12,19-20H,2,6,13-15H2,1H3. The van der Waals surface area contributed by atoms with Crippen molar-refractivity contribution in [1.82, 2.24) is 4.72 Å². The number of sulfonamides is 2. The minimum absolute atomic E-state index is 0.0740. The zero-order valence-electron chi connectivity index (χ0n) is 15.1. The molecule has 0 saturated carbocycles. The van der Waals surface area contributed by atoms with E-state index in [-0.39, 0.29) is 17.2 Å². The highest BCUT2D eigenvalue weighted by atomic mass is 32.2. The van der Waals surface area contributed by atoms with Crippen molar-refractivity contribution in [3.63, 3.8) is 0 Å². The van der Waals surface area contributed by atoms with E-state index in [0.717, 1.165) is 0 Å². The normalized spacial score (nSPS) is 12.0. The summed E-state index contributed by atoms with van der Waals surface area (Å²) in [5, 5.41) is 0. The zero-order chi connectivity index (χ0) is 19.8. The first-order chi connectivity index (χ1) is 12.8. The molecule has 0 aliphatic heterocycles. The van der Waals surface area contributed by atoms with E-state index in [1.165, 1.54) is 24.3 Å². The van der Waals surface area contributed by atoms with E-state index in [1.54, 1.807) is 24.3 Å². The molecule has 7 nitrogen and oxygen atoms in total. The van der Waals surface area contributed by atoms with Crippen LogP contribution in [0.3, 0.4) is 0 Å². The summed E-state index contributed by atoms with van der Waals surface area (Å²) in [7, 11) is -7.23. The number of hydrogen-bond acceptors (Lipinski definition) is 5. The topological polar surface area (TPSA) is 102 Å². The molecule has 9 heteroatoms. The van der Waals surface area contributed by atoms with Crippen LogP contribution >= 0.6 is 0 Å². The Balaban J connectivity index is 1.96. The average molecular weight is 413 g/mol. The minimum Gasteiger partial charge on any atom is -0.382 e. The Bertz CT molecular complexity index is 912. The molecule has 2 rings (SSSR count). The van der Waals surface area contributed by atoms with Gasteiger partial charge in [-0.25, -0.2) is 21.6 Å². The third-order valence-electron chi connectivity index (χ3n) is 3.60. The highest BCUT2D eigenvalue weighted by molar-refractivity contribution is 7.92. The molecule has 0 aliphatic carbocycles. The molecule has 2 N–H and O–H groups in total. The number of anilines is 1. The van der Waals surface area contributed by atoms with Gasteiger partial charge in [0.1, 0.15) is 0 Å². The highest BCUT2D eigenvalue weighted by Crippen LogP contribution is 2.16. The van der Waals surface area contributed by atoms with Crippen LogP contribution in [-0.4, -0.2) is 36.6 Å². The molecule has 0 amide bonds. The van der Waals surface area contributed by atoms with Crippen molar-refractivity contribution in [3.8, 4) is 0 Å². The van der Waals surface area contributed by atoms with Gasteiger partial charge in [-0.1, -0.05) is 30.3 Å². The summed E-state index contributed by atoms with van der Waals surface area (Å²) in [6.07, 6.45) is 0.574. The molecule has 0 fully saturated rings. The van der Waals surface area contributed by atoms with E-state index in [0.29, 0.717) is 30.9 Å². The Kier molecular flexibility index (Phi) is 7.78. The second-order valence-corrected chi connectivity index (χ2v) is 9.31. The Labute approximate surface area is 160 Å². The summed E-state index contributed by atoms with van der Waals surface area (Å²) in [6, 6.07) is 14.4. The van der Waals surface area contributed by atoms with Gasteiger partial charge in [0.2, 0.25) is 20.0 Å². The molecule has 148 valence electrons. The zero-order valence-corrected chi connectivity index (χ0v) is 16.7. The van der Waals surface area contributed by atoms with Crippen molar-refractivity contribution in [3.05, 3.63) is 60.2 Å². The van der Waals surface area contributed by atoms with Crippen molar-refractivity contribution in [2.75, 3.05) is 24.5 Å². The summed E-state index contributed by atoms with van der Waals surface area (Å²) >= 11 is 0. The van der Waals surface area contributed by atoms with Gasteiger partial charge in [-0.3, -0.25) is 4.72 Å². The van der Waals surface area contributed by atoms with Crippen molar-refractivity contribution < 1.29 is 21.6 Å². The van der Waals surface area contributed by atoms with E-state index in [2.05, 4.69) is 9.44 Å². The molecule has 0 bridgehead atoms. The number of nitrogens with one attached hydrogen (secondary N) is 2. The van der Waals surface area contributed by atoms with E-state index in [4.69, 9.17) is 4.74 Å². The quantitative estimate of drug-likeness (QED) is 0.552. The molecule has 0 aromatic heterocycles. The predicted octanol–water partition coefficient (Wildman–Crippen LogP) is 2.33. The van der Waals surface area contributed by atoms with Gasteiger partial charge in [-0.05, 0) is 43.2 Å². The van der Waals surface area contributed by atoms with Crippen molar-refractivity contribution in [2.45, 2.75) is 24.0 Å². The van der Waals surface area contributed by atoms with Gasteiger partial charge in [0.05, 0.1) is 10.6 Å². The minimum atomic E-state index is -3.64. The summed E-state index contributed by atoms with van der Waals surface area (Å²) in [5.41, 5.74) is 0.974. The number of rotatable bonds is 11. The molecule has 0 saturated heterocycles. The van der Waals surface area contributed by atoms with Crippen molar-refractivity contribution in [1.29, 1.82) is 0 Å². The monoisotopic (exact) mass is 412 g/mol. The molecule has 0 atom stereocenters. The number of hydrogen-bond donors (Lipinski definition) is 2. The Morgan fingerprint density at radius 2 is 1.59 bits per heavy atom. The van der Waals surface area contributed by atoms with E-state index >= 15 is 0 Å². The molecule has 2 aromatic rings. The van der Waals surface area contributed by atoms with E-state index in [9.17, 15) is 16.8 Å². The van der Waals surface area contributed by atoms with Gasteiger partial charge in [0.15, 0.2) is 0 Å². The van der Waals surface area contributed by atoms with E-state index in [1.807, 2.05) is 13.0 Å². The van der Waals surface area contributed by atoms with Crippen LogP contribution in [0.25, 0.3) is 0 Å². The lowest BCUT2D eigenvalue weighted by Crippen LogP contribution is -2.25. The molecule has 2 aromatic carbocycles. The fourth-order valence-corrected chi connectivity index (χ4v) is 4.59. The second-order valence-electron chi connectivity index (χ2n) is 5.82. The Hall–Kier alpha value is -1.94. The summed E-state index contributed by atoms with van der Waals surface area (Å²) in [5.74, 6) is -0.157. The summed E-state index contributed by atoms with van der Waals surface area (Å²) in [6.45, 7) is 3.23. The van der Waals surface area contributed by atoms with Crippen LogP contribution in [-0.2, 0) is 30.5 Å². The van der Waals surface area contributed by atoms with Gasteiger partial charge in [0, 0.05) is 25.4 Å². The van der Waals surface area contributed by atoms with Crippen molar-refractivity contribution >= 4 is 25.7 Å². The van der Waals surface area contributed by atoms with Gasteiger partial charge >= 0.3 is 0 Å². The van der Waals surface area contributed by atoms with Gasteiger partial charge in [0.25, 0.3) is 0 Å². The molecule has 0 spiro atoms. The van der Waals surface area contributed by atoms with Crippen LogP contribution in [0.2, 0.25) is 0 Å². The molecule has 0 radical (unpaired) electrons. The third kappa shape index (κ3) is 7.30. The van der Waals surface area contributed by atoms with Crippen LogP contribution in [0.4, 0.5) is 5.69 Å². The first-order valence-electron chi connectivity index (χ1n) is 8.54. The van der Waals surface area contributed by atoms with Gasteiger partial charge in [-0.15, -0.1) is 0 Å². The maximum Gasteiger partial charge on any atom is 0.240 e. The first kappa shape index (κ1) is 21.4. The van der Waals surface area contributed by atoms with Crippen LogP contribution in [0, 0.1) is 0 Å². The molecule has 27 heavy (non-hydrogen) atoms. The largest absolute Gasteiger partial charge is 0.382 e. The lowest BCUT2D eigenvalue weighted by atomic mass is 10.2. The molecule has 0 unspecified atom stereocenters. The van der Waals surface area contributed by atoms with Crippen LogP contribution in [0.5, 0.6) is 0 Å². The Morgan fingerprint density at radius 3 is 2.22 bits per heavy atom. The van der Waals surface area contributed by atoms with Crippen LogP contribution in [0.1, 0.15) is 18.9 Å². The van der Waals surface area contributed by atoms with Crippen LogP contribution in [0.15, 0.2) is 59.5 Å². The lowest BCUT2D eigenvalue weighted by molar-refractivity contribution is 0.146. The molecular weight excluding hydrogens is 388 g/mol.